The van der Waals surface area contributed by atoms with Crippen LogP contribution in [0, 0.1) is 19.8 Å². The van der Waals surface area contributed by atoms with Gasteiger partial charge in [0, 0.05) is 19.3 Å². The number of nitrogens with zero attached hydrogens (tertiary/aromatic N) is 1. The number of benzene rings is 1. The van der Waals surface area contributed by atoms with E-state index in [1.165, 1.54) is 6.07 Å². The number of urea groups is 1. The van der Waals surface area contributed by atoms with E-state index in [0.717, 1.165) is 12.0 Å². The van der Waals surface area contributed by atoms with Crippen LogP contribution < -0.4 is 5.32 Å². The molecule has 116 valence electrons. The fraction of sp³-hybridized carbons (Fsp3) is 0.500. The van der Waals surface area contributed by atoms with E-state index in [-0.39, 0.29) is 11.6 Å². The molecule has 0 saturated carbocycles. The van der Waals surface area contributed by atoms with Gasteiger partial charge in [-0.15, -0.1) is 0 Å². The molecule has 1 aromatic rings. The monoisotopic (exact) mass is 292 g/mol. The average molecular weight is 292 g/mol. The number of carboxylic acid groups (broad SMARTS) is 1. The highest BCUT2D eigenvalue weighted by molar-refractivity contribution is 5.94. The minimum atomic E-state index is -0.986. The van der Waals surface area contributed by atoms with Crippen molar-refractivity contribution in [1.29, 1.82) is 0 Å². The van der Waals surface area contributed by atoms with Gasteiger partial charge >= 0.3 is 12.0 Å². The van der Waals surface area contributed by atoms with Crippen LogP contribution in [0.3, 0.4) is 0 Å². The standard InChI is InChI=1S/C16H24N2O3/c1-10(2)6-7-18(5)16(21)17-13-8-11(3)12(4)14(9-13)15(19)20/h8-10H,6-7H2,1-5H3,(H,17,21)(H,19,20). The van der Waals surface area contributed by atoms with Gasteiger partial charge in [0.1, 0.15) is 0 Å². The number of hydrogen-bond acceptors (Lipinski definition) is 2. The Morgan fingerprint density at radius 1 is 1.29 bits per heavy atom. The second kappa shape index (κ2) is 7.11. The largest absolute Gasteiger partial charge is 0.478 e. The van der Waals surface area contributed by atoms with Gasteiger partial charge in [0.25, 0.3) is 0 Å². The summed E-state index contributed by atoms with van der Waals surface area (Å²) < 4.78 is 0. The number of carboxylic acids is 1. The van der Waals surface area contributed by atoms with Crippen molar-refractivity contribution < 1.29 is 14.7 Å². The molecule has 0 aliphatic rings. The highest BCUT2D eigenvalue weighted by atomic mass is 16.4. The number of amides is 2. The Morgan fingerprint density at radius 3 is 2.43 bits per heavy atom. The number of hydrogen-bond donors (Lipinski definition) is 2. The van der Waals surface area contributed by atoms with Crippen LogP contribution in [0.5, 0.6) is 0 Å². The number of aromatic carboxylic acids is 1. The minimum Gasteiger partial charge on any atom is -0.478 e. The van der Waals surface area contributed by atoms with E-state index in [1.807, 2.05) is 6.92 Å². The van der Waals surface area contributed by atoms with E-state index in [2.05, 4.69) is 19.2 Å². The molecule has 0 spiro atoms. The predicted octanol–water partition coefficient (Wildman–Crippen LogP) is 3.51. The second-order valence-electron chi connectivity index (χ2n) is 5.81. The highest BCUT2D eigenvalue weighted by Gasteiger charge is 2.14. The van der Waals surface area contributed by atoms with E-state index < -0.39 is 5.97 Å². The van der Waals surface area contributed by atoms with Gasteiger partial charge in [0.05, 0.1) is 5.56 Å². The molecule has 0 aliphatic carbocycles. The Morgan fingerprint density at radius 2 is 1.90 bits per heavy atom. The summed E-state index contributed by atoms with van der Waals surface area (Å²) in [5.41, 5.74) is 2.29. The first kappa shape index (κ1) is 17.0. The number of carbonyl (C=O) groups is 2. The smallest absolute Gasteiger partial charge is 0.336 e. The van der Waals surface area contributed by atoms with Crippen molar-refractivity contribution in [2.75, 3.05) is 18.9 Å². The van der Waals surface area contributed by atoms with Gasteiger partial charge in [-0.05, 0) is 49.4 Å². The molecule has 2 N–H and O–H groups in total. The SMILES string of the molecule is Cc1cc(NC(=O)N(C)CCC(C)C)cc(C(=O)O)c1C. The van der Waals surface area contributed by atoms with Crippen LogP contribution >= 0.6 is 0 Å². The second-order valence-corrected chi connectivity index (χ2v) is 5.81. The fourth-order valence-electron chi connectivity index (χ4n) is 1.93. The molecule has 0 aromatic heterocycles. The number of aryl methyl sites for hydroxylation is 1. The first-order valence-electron chi connectivity index (χ1n) is 7.09. The van der Waals surface area contributed by atoms with Crippen LogP contribution in [0.4, 0.5) is 10.5 Å². The van der Waals surface area contributed by atoms with Crippen molar-refractivity contribution in [3.8, 4) is 0 Å². The Kier molecular flexibility index (Phi) is 5.76. The molecule has 2 amide bonds. The van der Waals surface area contributed by atoms with Crippen molar-refractivity contribution in [2.45, 2.75) is 34.1 Å². The van der Waals surface area contributed by atoms with Gasteiger partial charge in [0.2, 0.25) is 0 Å². The molecule has 0 atom stereocenters. The summed E-state index contributed by atoms with van der Waals surface area (Å²) in [6, 6.07) is 3.06. The fourth-order valence-corrected chi connectivity index (χ4v) is 1.93. The maximum Gasteiger partial charge on any atom is 0.336 e. The first-order valence-corrected chi connectivity index (χ1v) is 7.09. The topological polar surface area (TPSA) is 69.6 Å². The molecule has 21 heavy (non-hydrogen) atoms. The molecule has 1 rings (SSSR count). The molecule has 0 radical (unpaired) electrons. The highest BCUT2D eigenvalue weighted by Crippen LogP contribution is 2.20. The number of nitrogens with one attached hydrogen (secondary N) is 1. The van der Waals surface area contributed by atoms with Crippen LogP contribution in [0.2, 0.25) is 0 Å². The zero-order valence-corrected chi connectivity index (χ0v) is 13.4. The predicted molar refractivity (Wildman–Crippen MR) is 84.0 cm³/mol. The van der Waals surface area contributed by atoms with Crippen LogP contribution in [0.1, 0.15) is 41.8 Å². The van der Waals surface area contributed by atoms with Crippen molar-refractivity contribution in [2.24, 2.45) is 5.92 Å². The summed E-state index contributed by atoms with van der Waals surface area (Å²) in [7, 11) is 1.73. The van der Waals surface area contributed by atoms with Crippen LogP contribution in [-0.4, -0.2) is 35.6 Å². The lowest BCUT2D eigenvalue weighted by atomic mass is 10.0. The lowest BCUT2D eigenvalue weighted by Crippen LogP contribution is -2.32. The quantitative estimate of drug-likeness (QED) is 0.872. The van der Waals surface area contributed by atoms with Crippen molar-refractivity contribution >= 4 is 17.7 Å². The molecule has 1 aromatic carbocycles. The third-order valence-corrected chi connectivity index (χ3v) is 3.54. The summed E-state index contributed by atoms with van der Waals surface area (Å²) in [4.78, 5) is 24.9. The first-order chi connectivity index (χ1) is 9.72. The molecule has 0 heterocycles. The van der Waals surface area contributed by atoms with Crippen LogP contribution in [0.25, 0.3) is 0 Å². The minimum absolute atomic E-state index is 0.218. The Balaban J connectivity index is 2.83. The van der Waals surface area contributed by atoms with Crippen LogP contribution in [0.15, 0.2) is 12.1 Å². The summed E-state index contributed by atoms with van der Waals surface area (Å²) in [6.45, 7) is 8.47. The Bertz CT molecular complexity index is 539. The zero-order chi connectivity index (χ0) is 16.2. The molecule has 0 saturated heterocycles. The molecular weight excluding hydrogens is 268 g/mol. The van der Waals surface area contributed by atoms with Crippen molar-refractivity contribution in [3.05, 3.63) is 28.8 Å². The van der Waals surface area contributed by atoms with E-state index in [4.69, 9.17) is 0 Å². The summed E-state index contributed by atoms with van der Waals surface area (Å²) >= 11 is 0. The third-order valence-electron chi connectivity index (χ3n) is 3.54. The summed E-state index contributed by atoms with van der Waals surface area (Å²) in [5, 5.41) is 11.9. The van der Waals surface area contributed by atoms with Gasteiger partial charge in [-0.1, -0.05) is 13.8 Å². The van der Waals surface area contributed by atoms with Gasteiger partial charge in [-0.3, -0.25) is 0 Å². The van der Waals surface area contributed by atoms with Gasteiger partial charge in [-0.2, -0.15) is 0 Å². The van der Waals surface area contributed by atoms with Crippen molar-refractivity contribution in [3.63, 3.8) is 0 Å². The Hall–Kier alpha value is -2.04. The molecule has 0 unspecified atom stereocenters. The summed E-state index contributed by atoms with van der Waals surface area (Å²) in [6.07, 6.45) is 0.928. The summed E-state index contributed by atoms with van der Waals surface area (Å²) in [5.74, 6) is -0.458. The lowest BCUT2D eigenvalue weighted by molar-refractivity contribution is 0.0696. The maximum absolute atomic E-state index is 12.1. The molecule has 5 nitrogen and oxygen atoms in total. The average Bonchev–Trinajstić information content (AvgIpc) is 2.39. The van der Waals surface area contributed by atoms with E-state index in [1.54, 1.807) is 24.9 Å². The normalized spacial score (nSPS) is 10.6. The van der Waals surface area contributed by atoms with E-state index in [0.29, 0.717) is 23.7 Å². The van der Waals surface area contributed by atoms with E-state index >= 15 is 0 Å². The Labute approximate surface area is 126 Å². The maximum atomic E-state index is 12.1. The third kappa shape index (κ3) is 4.77. The zero-order valence-electron chi connectivity index (χ0n) is 13.4. The van der Waals surface area contributed by atoms with Crippen LogP contribution in [-0.2, 0) is 0 Å². The van der Waals surface area contributed by atoms with Crippen molar-refractivity contribution in [1.82, 2.24) is 4.90 Å². The molecule has 5 heteroatoms. The van der Waals surface area contributed by atoms with Gasteiger partial charge in [-0.25, -0.2) is 9.59 Å². The molecular formula is C16H24N2O3. The molecule has 0 fully saturated rings. The van der Waals surface area contributed by atoms with Gasteiger partial charge in [0.15, 0.2) is 0 Å². The number of carbonyl (C=O) groups excluding carboxylic acids is 1. The van der Waals surface area contributed by atoms with Gasteiger partial charge < -0.3 is 15.3 Å². The van der Waals surface area contributed by atoms with E-state index in [9.17, 15) is 14.7 Å². The molecule has 0 bridgehead atoms. The number of anilines is 1. The lowest BCUT2D eigenvalue weighted by Gasteiger charge is -2.19. The molecule has 0 aliphatic heterocycles. The number of rotatable bonds is 5.